The van der Waals surface area contributed by atoms with Gasteiger partial charge in [-0.15, -0.1) is 0 Å². The van der Waals surface area contributed by atoms with Crippen LogP contribution in [-0.2, 0) is 14.4 Å². The first kappa shape index (κ1) is 21.2. The van der Waals surface area contributed by atoms with Gasteiger partial charge >= 0.3 is 0 Å². The number of hydrogen-bond acceptors (Lipinski definition) is 4. The molecule has 0 radical (unpaired) electrons. The molecule has 0 spiro atoms. The molecule has 3 aliphatic rings. The average Bonchev–Trinajstić information content (AvgIpc) is 3.21. The van der Waals surface area contributed by atoms with E-state index < -0.39 is 35.2 Å². The van der Waals surface area contributed by atoms with Crippen molar-refractivity contribution in [3.05, 3.63) is 69.8 Å². The highest BCUT2D eigenvalue weighted by Crippen LogP contribution is 2.54. The first-order valence-electron chi connectivity index (χ1n) is 10.5. The molecule has 0 N–H and O–H groups in total. The van der Waals surface area contributed by atoms with Crippen molar-refractivity contribution in [3.8, 4) is 0 Å². The van der Waals surface area contributed by atoms with Crippen LogP contribution >= 0.6 is 23.2 Å². The Morgan fingerprint density at radius 2 is 1.66 bits per heavy atom. The van der Waals surface area contributed by atoms with Crippen LogP contribution in [0, 0.1) is 17.3 Å². The normalized spacial score (nSPS) is 26.3. The van der Waals surface area contributed by atoms with Gasteiger partial charge in [0.25, 0.3) is 0 Å². The Labute approximate surface area is 196 Å². The van der Waals surface area contributed by atoms with Crippen molar-refractivity contribution < 1.29 is 14.4 Å². The van der Waals surface area contributed by atoms with Gasteiger partial charge in [-0.3, -0.25) is 14.4 Å². The van der Waals surface area contributed by atoms with E-state index in [1.807, 2.05) is 62.2 Å². The summed E-state index contributed by atoms with van der Waals surface area (Å²) in [6.07, 6.45) is 3.80. The minimum absolute atomic E-state index is 0.0702. The number of carbonyl (C=O) groups is 3. The van der Waals surface area contributed by atoms with Gasteiger partial charge in [-0.1, -0.05) is 68.2 Å². The maximum Gasteiger partial charge on any atom is 0.240 e. The van der Waals surface area contributed by atoms with E-state index in [0.717, 1.165) is 16.0 Å². The van der Waals surface area contributed by atoms with Crippen molar-refractivity contribution in [2.45, 2.75) is 32.9 Å². The van der Waals surface area contributed by atoms with E-state index in [4.69, 9.17) is 23.2 Å². The van der Waals surface area contributed by atoms with Crippen molar-refractivity contribution in [2.24, 2.45) is 17.3 Å². The Hall–Kier alpha value is -2.63. The number of nitrogens with zero attached hydrogens (tertiary/aromatic N) is 2. The van der Waals surface area contributed by atoms with Crippen LogP contribution in [0.2, 0.25) is 10.0 Å². The van der Waals surface area contributed by atoms with Gasteiger partial charge in [0.2, 0.25) is 11.8 Å². The Kier molecular flexibility index (Phi) is 4.77. The van der Waals surface area contributed by atoms with Crippen LogP contribution in [0.3, 0.4) is 0 Å². The highest BCUT2D eigenvalue weighted by molar-refractivity contribution is 6.38. The standard InChI is InChI=1S/C25H22Cl2N2O3/c1-25(2,3)22(30)21-19-18(20-15-7-5-4-6-13(15)10-11-28(20)21)23(31)29(24(19)32)17-12-14(26)8-9-16(17)27/h4-12,18-21H,1-3H3/t18-,19+,20+,21-/m0/s1. The van der Waals surface area contributed by atoms with Gasteiger partial charge in [0, 0.05) is 16.6 Å². The van der Waals surface area contributed by atoms with Crippen LogP contribution in [0.5, 0.6) is 0 Å². The second kappa shape index (κ2) is 7.19. The summed E-state index contributed by atoms with van der Waals surface area (Å²) in [4.78, 5) is 44.2. The second-order valence-corrected chi connectivity index (χ2v) is 10.4. The molecule has 3 heterocycles. The zero-order valence-corrected chi connectivity index (χ0v) is 19.4. The van der Waals surface area contributed by atoms with Crippen LogP contribution in [0.4, 0.5) is 5.69 Å². The summed E-state index contributed by atoms with van der Waals surface area (Å²) in [6.45, 7) is 5.52. The van der Waals surface area contributed by atoms with Gasteiger partial charge in [0.15, 0.2) is 5.78 Å². The number of fused-ring (bicyclic) bond motifs is 5. The molecule has 0 bridgehead atoms. The molecule has 2 amide bonds. The van der Waals surface area contributed by atoms with E-state index in [-0.39, 0.29) is 22.4 Å². The molecule has 5 rings (SSSR count). The molecule has 2 fully saturated rings. The second-order valence-electron chi connectivity index (χ2n) is 9.55. The minimum atomic E-state index is -0.801. The number of carbonyl (C=O) groups excluding carboxylic acids is 3. The molecule has 164 valence electrons. The van der Waals surface area contributed by atoms with Gasteiger partial charge in [0.05, 0.1) is 28.6 Å². The monoisotopic (exact) mass is 468 g/mol. The van der Waals surface area contributed by atoms with Crippen molar-refractivity contribution >= 4 is 52.6 Å². The van der Waals surface area contributed by atoms with E-state index >= 15 is 0 Å². The fourth-order valence-electron chi connectivity index (χ4n) is 5.20. The number of benzene rings is 2. The highest BCUT2D eigenvalue weighted by atomic mass is 35.5. The minimum Gasteiger partial charge on any atom is -0.359 e. The van der Waals surface area contributed by atoms with Crippen LogP contribution in [0.25, 0.3) is 6.08 Å². The number of rotatable bonds is 2. The molecule has 0 saturated carbocycles. The molecule has 2 aromatic carbocycles. The molecule has 7 heteroatoms. The molecular formula is C25H22Cl2N2O3. The molecule has 3 aliphatic heterocycles. The zero-order valence-electron chi connectivity index (χ0n) is 17.9. The van der Waals surface area contributed by atoms with Gasteiger partial charge in [-0.25, -0.2) is 4.90 Å². The first-order chi connectivity index (χ1) is 15.1. The first-order valence-corrected chi connectivity index (χ1v) is 11.3. The Bertz CT molecular complexity index is 1200. The van der Waals surface area contributed by atoms with E-state index in [1.165, 1.54) is 6.07 Å². The summed E-state index contributed by atoms with van der Waals surface area (Å²) in [5.41, 5.74) is 1.50. The van der Waals surface area contributed by atoms with Crippen LogP contribution < -0.4 is 4.90 Å². The molecule has 0 aromatic heterocycles. The molecule has 5 nitrogen and oxygen atoms in total. The number of amides is 2. The quantitative estimate of drug-likeness (QED) is 0.573. The lowest BCUT2D eigenvalue weighted by atomic mass is 9.79. The van der Waals surface area contributed by atoms with Crippen molar-refractivity contribution in [1.82, 2.24) is 4.90 Å². The number of anilines is 1. The van der Waals surface area contributed by atoms with Gasteiger partial charge < -0.3 is 4.90 Å². The number of imide groups is 1. The average molecular weight is 469 g/mol. The number of halogens is 2. The fraction of sp³-hybridized carbons (Fsp3) is 0.320. The smallest absolute Gasteiger partial charge is 0.240 e. The van der Waals surface area contributed by atoms with Gasteiger partial charge in [-0.2, -0.15) is 0 Å². The summed E-state index contributed by atoms with van der Waals surface area (Å²) < 4.78 is 0. The largest absolute Gasteiger partial charge is 0.359 e. The highest BCUT2D eigenvalue weighted by Gasteiger charge is 2.65. The summed E-state index contributed by atoms with van der Waals surface area (Å²) in [6, 6.07) is 11.3. The van der Waals surface area contributed by atoms with Crippen LogP contribution in [0.15, 0.2) is 48.7 Å². The summed E-state index contributed by atoms with van der Waals surface area (Å²) >= 11 is 12.5. The van der Waals surface area contributed by atoms with Crippen molar-refractivity contribution in [2.75, 3.05) is 4.90 Å². The number of ketones is 1. The predicted molar refractivity (Wildman–Crippen MR) is 124 cm³/mol. The molecular weight excluding hydrogens is 447 g/mol. The Balaban J connectivity index is 1.69. The predicted octanol–water partition coefficient (Wildman–Crippen LogP) is 5.12. The number of Topliss-reactive ketones (excluding diaryl/α,β-unsaturated/α-hetero) is 1. The van der Waals surface area contributed by atoms with Crippen LogP contribution in [0.1, 0.15) is 37.9 Å². The maximum absolute atomic E-state index is 13.8. The third-order valence-corrected chi connectivity index (χ3v) is 7.17. The molecule has 0 unspecified atom stereocenters. The lowest BCUT2D eigenvalue weighted by Crippen LogP contribution is -2.47. The zero-order chi connectivity index (χ0) is 22.9. The number of hydrogen-bond donors (Lipinski definition) is 0. The lowest BCUT2D eigenvalue weighted by Gasteiger charge is -2.37. The summed E-state index contributed by atoms with van der Waals surface area (Å²) in [7, 11) is 0. The SMILES string of the molecule is CC(C)(C)C(=O)[C@@H]1[C@@H]2C(=O)N(c3cc(Cl)ccc3Cl)C(=O)[C@@H]2[C@H]2c3ccccc3C=CN12. The van der Waals surface area contributed by atoms with E-state index in [0.29, 0.717) is 5.02 Å². The fourth-order valence-corrected chi connectivity index (χ4v) is 5.56. The maximum atomic E-state index is 13.8. The summed E-state index contributed by atoms with van der Waals surface area (Å²) in [5.74, 6) is -2.33. The van der Waals surface area contributed by atoms with Gasteiger partial charge in [-0.05, 0) is 35.4 Å². The molecule has 32 heavy (non-hydrogen) atoms. The molecule has 2 aromatic rings. The van der Waals surface area contributed by atoms with Gasteiger partial charge in [0.1, 0.15) is 6.04 Å². The molecule has 4 atom stereocenters. The molecule has 0 aliphatic carbocycles. The Morgan fingerprint density at radius 3 is 2.38 bits per heavy atom. The van der Waals surface area contributed by atoms with E-state index in [2.05, 4.69) is 0 Å². The third kappa shape index (κ3) is 2.95. The topological polar surface area (TPSA) is 57.7 Å². The summed E-state index contributed by atoms with van der Waals surface area (Å²) in [5, 5.41) is 0.632. The van der Waals surface area contributed by atoms with E-state index in [9.17, 15) is 14.4 Å². The Morgan fingerprint density at radius 1 is 0.969 bits per heavy atom. The van der Waals surface area contributed by atoms with Crippen molar-refractivity contribution in [1.29, 1.82) is 0 Å². The third-order valence-electron chi connectivity index (χ3n) is 6.62. The van der Waals surface area contributed by atoms with Crippen LogP contribution in [-0.4, -0.2) is 28.5 Å². The lowest BCUT2D eigenvalue weighted by molar-refractivity contribution is -0.135. The molecule has 2 saturated heterocycles. The van der Waals surface area contributed by atoms with E-state index in [1.54, 1.807) is 12.1 Å². The van der Waals surface area contributed by atoms with Crippen molar-refractivity contribution in [3.63, 3.8) is 0 Å².